The Labute approximate surface area is 89.1 Å². The molecular formula is C12H16FNO. The molecule has 0 radical (unpaired) electrons. The van der Waals surface area contributed by atoms with Crippen molar-refractivity contribution in [2.45, 2.75) is 32.2 Å². The monoisotopic (exact) mass is 209 g/mol. The van der Waals surface area contributed by atoms with Crippen LogP contribution in [0.5, 0.6) is 5.75 Å². The summed E-state index contributed by atoms with van der Waals surface area (Å²) in [6.07, 6.45) is 3.26. The first-order chi connectivity index (χ1) is 7.20. The Balaban J connectivity index is 2.36. The van der Waals surface area contributed by atoms with E-state index in [1.54, 1.807) is 6.92 Å². The largest absolute Gasteiger partial charge is 0.508 e. The SMILES string of the molecule is Cc1c(F)ccc(O)c1C1CCCCN1. The van der Waals surface area contributed by atoms with E-state index in [1.807, 2.05) is 0 Å². The molecule has 1 atom stereocenters. The van der Waals surface area contributed by atoms with Gasteiger partial charge in [0.25, 0.3) is 0 Å². The molecule has 82 valence electrons. The van der Waals surface area contributed by atoms with Crippen molar-refractivity contribution in [1.29, 1.82) is 0 Å². The summed E-state index contributed by atoms with van der Waals surface area (Å²) in [4.78, 5) is 0. The predicted molar refractivity (Wildman–Crippen MR) is 57.4 cm³/mol. The van der Waals surface area contributed by atoms with Gasteiger partial charge in [-0.25, -0.2) is 4.39 Å². The smallest absolute Gasteiger partial charge is 0.126 e. The second-order valence-corrected chi connectivity index (χ2v) is 4.11. The first-order valence-corrected chi connectivity index (χ1v) is 5.41. The molecule has 1 aliphatic heterocycles. The van der Waals surface area contributed by atoms with E-state index in [9.17, 15) is 9.50 Å². The highest BCUT2D eigenvalue weighted by Crippen LogP contribution is 2.33. The van der Waals surface area contributed by atoms with Crippen molar-refractivity contribution in [2.75, 3.05) is 6.54 Å². The van der Waals surface area contributed by atoms with Gasteiger partial charge in [0.1, 0.15) is 11.6 Å². The van der Waals surface area contributed by atoms with Crippen molar-refractivity contribution < 1.29 is 9.50 Å². The molecule has 1 unspecified atom stereocenters. The van der Waals surface area contributed by atoms with E-state index in [2.05, 4.69) is 5.32 Å². The molecule has 15 heavy (non-hydrogen) atoms. The Kier molecular flexibility index (Phi) is 2.91. The highest BCUT2D eigenvalue weighted by molar-refractivity contribution is 5.42. The summed E-state index contributed by atoms with van der Waals surface area (Å²) in [5, 5.41) is 13.1. The van der Waals surface area contributed by atoms with E-state index >= 15 is 0 Å². The zero-order chi connectivity index (χ0) is 10.8. The Morgan fingerprint density at radius 1 is 1.40 bits per heavy atom. The van der Waals surface area contributed by atoms with Gasteiger partial charge in [0.05, 0.1) is 0 Å². The first-order valence-electron chi connectivity index (χ1n) is 5.41. The molecule has 3 heteroatoms. The molecule has 2 rings (SSSR count). The molecule has 2 nitrogen and oxygen atoms in total. The number of phenols is 1. The molecule has 0 bridgehead atoms. The molecule has 1 aliphatic rings. The maximum Gasteiger partial charge on any atom is 0.126 e. The summed E-state index contributed by atoms with van der Waals surface area (Å²) >= 11 is 0. The molecule has 0 spiro atoms. The fraction of sp³-hybridized carbons (Fsp3) is 0.500. The number of hydrogen-bond acceptors (Lipinski definition) is 2. The van der Waals surface area contributed by atoms with Gasteiger partial charge in [0.15, 0.2) is 0 Å². The Bertz CT molecular complexity index is 359. The Hall–Kier alpha value is -1.09. The van der Waals surface area contributed by atoms with Crippen molar-refractivity contribution in [3.8, 4) is 5.75 Å². The van der Waals surface area contributed by atoms with Crippen LogP contribution < -0.4 is 5.32 Å². The molecule has 0 amide bonds. The second kappa shape index (κ2) is 4.19. The standard InChI is InChI=1S/C12H16FNO/c1-8-9(13)5-6-11(15)12(8)10-4-2-3-7-14-10/h5-6,10,14-15H,2-4,7H2,1H3. The van der Waals surface area contributed by atoms with E-state index in [1.165, 1.54) is 12.1 Å². The van der Waals surface area contributed by atoms with Gasteiger partial charge in [-0.15, -0.1) is 0 Å². The van der Waals surface area contributed by atoms with Gasteiger partial charge in [-0.2, -0.15) is 0 Å². The fourth-order valence-corrected chi connectivity index (χ4v) is 2.23. The van der Waals surface area contributed by atoms with Gasteiger partial charge in [-0.1, -0.05) is 6.42 Å². The van der Waals surface area contributed by atoms with Crippen LogP contribution in [0, 0.1) is 12.7 Å². The van der Waals surface area contributed by atoms with Crippen LogP contribution in [-0.4, -0.2) is 11.7 Å². The number of benzene rings is 1. The third kappa shape index (κ3) is 1.97. The Morgan fingerprint density at radius 2 is 2.20 bits per heavy atom. The average molecular weight is 209 g/mol. The lowest BCUT2D eigenvalue weighted by atomic mass is 9.93. The zero-order valence-electron chi connectivity index (χ0n) is 8.89. The lowest BCUT2D eigenvalue weighted by Gasteiger charge is -2.26. The molecule has 2 N–H and O–H groups in total. The number of aromatic hydroxyl groups is 1. The van der Waals surface area contributed by atoms with Crippen molar-refractivity contribution in [3.05, 3.63) is 29.1 Å². The Morgan fingerprint density at radius 3 is 2.87 bits per heavy atom. The highest BCUT2D eigenvalue weighted by Gasteiger charge is 2.21. The molecule has 0 aliphatic carbocycles. The quantitative estimate of drug-likeness (QED) is 0.745. The van der Waals surface area contributed by atoms with Gasteiger partial charge in [0.2, 0.25) is 0 Å². The fourth-order valence-electron chi connectivity index (χ4n) is 2.23. The minimum absolute atomic E-state index is 0.106. The predicted octanol–water partition coefficient (Wildman–Crippen LogP) is 2.65. The molecule has 0 aromatic heterocycles. The third-order valence-corrected chi connectivity index (χ3v) is 3.08. The minimum Gasteiger partial charge on any atom is -0.508 e. The summed E-state index contributed by atoms with van der Waals surface area (Å²) < 4.78 is 13.4. The van der Waals surface area contributed by atoms with Crippen LogP contribution >= 0.6 is 0 Å². The zero-order valence-corrected chi connectivity index (χ0v) is 8.89. The van der Waals surface area contributed by atoms with Gasteiger partial charge in [0, 0.05) is 11.6 Å². The molecule has 1 aromatic rings. The summed E-state index contributed by atoms with van der Waals surface area (Å²) in [7, 11) is 0. The average Bonchev–Trinajstić information content (AvgIpc) is 2.26. The van der Waals surface area contributed by atoms with Crippen LogP contribution in [0.1, 0.15) is 36.4 Å². The summed E-state index contributed by atoms with van der Waals surface area (Å²) in [6, 6.07) is 2.86. The summed E-state index contributed by atoms with van der Waals surface area (Å²) in [5.41, 5.74) is 1.30. The van der Waals surface area contributed by atoms with E-state index in [-0.39, 0.29) is 17.6 Å². The van der Waals surface area contributed by atoms with Crippen LogP contribution in [0.3, 0.4) is 0 Å². The molecule has 1 aromatic carbocycles. The molecule has 1 fully saturated rings. The van der Waals surface area contributed by atoms with Crippen molar-refractivity contribution >= 4 is 0 Å². The normalized spacial score (nSPS) is 21.6. The van der Waals surface area contributed by atoms with E-state index < -0.39 is 0 Å². The van der Waals surface area contributed by atoms with E-state index in [0.717, 1.165) is 31.4 Å². The number of nitrogens with one attached hydrogen (secondary N) is 1. The van der Waals surface area contributed by atoms with Crippen LogP contribution in [0.25, 0.3) is 0 Å². The van der Waals surface area contributed by atoms with Crippen molar-refractivity contribution in [3.63, 3.8) is 0 Å². The maximum absolute atomic E-state index is 13.4. The van der Waals surface area contributed by atoms with Crippen LogP contribution in [0.2, 0.25) is 0 Å². The number of piperidine rings is 1. The highest BCUT2D eigenvalue weighted by atomic mass is 19.1. The van der Waals surface area contributed by atoms with E-state index in [0.29, 0.717) is 5.56 Å². The minimum atomic E-state index is -0.241. The summed E-state index contributed by atoms with van der Waals surface area (Å²) in [5.74, 6) is -0.0385. The third-order valence-electron chi connectivity index (χ3n) is 3.08. The number of hydrogen-bond donors (Lipinski definition) is 2. The van der Waals surface area contributed by atoms with Crippen molar-refractivity contribution in [1.82, 2.24) is 5.32 Å². The second-order valence-electron chi connectivity index (χ2n) is 4.11. The van der Waals surface area contributed by atoms with Crippen LogP contribution in [-0.2, 0) is 0 Å². The maximum atomic E-state index is 13.4. The van der Waals surface area contributed by atoms with Gasteiger partial charge >= 0.3 is 0 Å². The van der Waals surface area contributed by atoms with Crippen LogP contribution in [0.15, 0.2) is 12.1 Å². The van der Waals surface area contributed by atoms with Crippen LogP contribution in [0.4, 0.5) is 4.39 Å². The van der Waals surface area contributed by atoms with Crippen molar-refractivity contribution in [2.24, 2.45) is 0 Å². The van der Waals surface area contributed by atoms with Gasteiger partial charge in [-0.05, 0) is 44.0 Å². The lowest BCUT2D eigenvalue weighted by Crippen LogP contribution is -2.27. The first kappa shape index (κ1) is 10.4. The molecular weight excluding hydrogens is 193 g/mol. The lowest BCUT2D eigenvalue weighted by molar-refractivity contribution is 0.387. The van der Waals surface area contributed by atoms with Gasteiger partial charge in [-0.3, -0.25) is 0 Å². The number of rotatable bonds is 1. The summed E-state index contributed by atoms with van der Waals surface area (Å²) in [6.45, 7) is 2.67. The molecule has 1 saturated heterocycles. The molecule has 0 saturated carbocycles. The number of phenolic OH excluding ortho intramolecular Hbond substituents is 1. The number of halogens is 1. The molecule has 1 heterocycles. The van der Waals surface area contributed by atoms with Gasteiger partial charge < -0.3 is 10.4 Å². The van der Waals surface area contributed by atoms with E-state index in [4.69, 9.17) is 0 Å². The topological polar surface area (TPSA) is 32.3 Å².